The summed E-state index contributed by atoms with van der Waals surface area (Å²) in [4.78, 5) is 30.4. The Labute approximate surface area is 157 Å². The van der Waals surface area contributed by atoms with Gasteiger partial charge in [-0.05, 0) is 23.8 Å². The number of H-pyrrole nitrogens is 1. The maximum atomic E-state index is 12.1. The molecular formula is C18H12N5O3S-. The first-order valence-electron chi connectivity index (χ1n) is 7.95. The van der Waals surface area contributed by atoms with E-state index in [0.29, 0.717) is 22.0 Å². The number of aromatic amines is 1. The molecule has 9 heteroatoms. The van der Waals surface area contributed by atoms with E-state index in [1.807, 2.05) is 24.3 Å². The van der Waals surface area contributed by atoms with E-state index in [1.165, 1.54) is 24.3 Å². The number of para-hydroxylation sites is 1. The summed E-state index contributed by atoms with van der Waals surface area (Å²) in [6.07, 6.45) is 0. The highest BCUT2D eigenvalue weighted by Gasteiger charge is 2.11. The van der Waals surface area contributed by atoms with Crippen LogP contribution in [0, 0.1) is 0 Å². The van der Waals surface area contributed by atoms with E-state index in [9.17, 15) is 14.7 Å². The van der Waals surface area contributed by atoms with Crippen LogP contribution in [-0.4, -0.2) is 37.8 Å². The molecule has 0 saturated heterocycles. The third kappa shape index (κ3) is 3.58. The lowest BCUT2D eigenvalue weighted by Gasteiger charge is -2.06. The number of nitrogens with zero attached hydrogens (tertiary/aromatic N) is 3. The predicted molar refractivity (Wildman–Crippen MR) is 99.3 cm³/mol. The van der Waals surface area contributed by atoms with Gasteiger partial charge in [0, 0.05) is 16.6 Å². The van der Waals surface area contributed by atoms with Crippen LogP contribution in [0.25, 0.3) is 22.1 Å². The molecule has 0 saturated carbocycles. The van der Waals surface area contributed by atoms with Crippen molar-refractivity contribution in [2.24, 2.45) is 0 Å². The molecule has 0 aliphatic heterocycles. The molecule has 8 nitrogen and oxygen atoms in total. The summed E-state index contributed by atoms with van der Waals surface area (Å²) < 4.78 is 0. The largest absolute Gasteiger partial charge is 0.545 e. The molecule has 0 unspecified atom stereocenters. The van der Waals surface area contributed by atoms with Crippen LogP contribution in [0.15, 0.2) is 53.7 Å². The SMILES string of the molecule is O=C(CSc1nnc2c(n1)[nH]c1ccccc12)Nc1ccc(C(=O)[O-])cc1. The molecule has 4 aromatic rings. The molecule has 2 aromatic carbocycles. The highest BCUT2D eigenvalue weighted by atomic mass is 32.2. The lowest BCUT2D eigenvalue weighted by molar-refractivity contribution is -0.255. The first kappa shape index (κ1) is 17.0. The molecule has 0 spiro atoms. The number of aromatic nitrogens is 4. The monoisotopic (exact) mass is 378 g/mol. The summed E-state index contributed by atoms with van der Waals surface area (Å²) in [5, 5.41) is 23.0. The third-order valence-electron chi connectivity index (χ3n) is 3.84. The average molecular weight is 378 g/mol. The van der Waals surface area contributed by atoms with Gasteiger partial charge in [-0.2, -0.15) is 0 Å². The van der Waals surface area contributed by atoms with E-state index < -0.39 is 5.97 Å². The van der Waals surface area contributed by atoms with Gasteiger partial charge in [0.15, 0.2) is 5.65 Å². The fourth-order valence-corrected chi connectivity index (χ4v) is 3.17. The maximum absolute atomic E-state index is 12.1. The number of fused-ring (bicyclic) bond motifs is 3. The smallest absolute Gasteiger partial charge is 0.234 e. The number of hydrogen-bond donors (Lipinski definition) is 2. The van der Waals surface area contributed by atoms with Gasteiger partial charge < -0.3 is 20.2 Å². The second kappa shape index (κ2) is 7.04. The maximum Gasteiger partial charge on any atom is 0.234 e. The Balaban J connectivity index is 1.42. The molecule has 0 aliphatic rings. The second-order valence-corrected chi connectivity index (χ2v) is 6.61. The Morgan fingerprint density at radius 1 is 1.07 bits per heavy atom. The Hall–Kier alpha value is -3.46. The van der Waals surface area contributed by atoms with E-state index in [4.69, 9.17) is 0 Å². The molecule has 134 valence electrons. The number of nitrogens with one attached hydrogen (secondary N) is 2. The number of amides is 1. The summed E-state index contributed by atoms with van der Waals surface area (Å²) in [7, 11) is 0. The third-order valence-corrected chi connectivity index (χ3v) is 4.68. The highest BCUT2D eigenvalue weighted by molar-refractivity contribution is 7.99. The first-order chi connectivity index (χ1) is 13.1. The van der Waals surface area contributed by atoms with Crippen LogP contribution in [0.2, 0.25) is 0 Å². The van der Waals surface area contributed by atoms with Gasteiger partial charge in [0.25, 0.3) is 0 Å². The van der Waals surface area contributed by atoms with E-state index in [2.05, 4.69) is 25.5 Å². The van der Waals surface area contributed by atoms with Crippen molar-refractivity contribution in [3.63, 3.8) is 0 Å². The first-order valence-corrected chi connectivity index (χ1v) is 8.94. The molecule has 0 atom stereocenters. The number of carboxylic acids is 1. The molecule has 0 radical (unpaired) electrons. The van der Waals surface area contributed by atoms with E-state index in [0.717, 1.165) is 22.7 Å². The number of carboxylic acid groups (broad SMARTS) is 1. The molecule has 0 bridgehead atoms. The van der Waals surface area contributed by atoms with E-state index >= 15 is 0 Å². The Kier molecular flexibility index (Phi) is 4.43. The van der Waals surface area contributed by atoms with Crippen molar-refractivity contribution in [3.8, 4) is 0 Å². The number of rotatable bonds is 5. The summed E-state index contributed by atoms with van der Waals surface area (Å²) in [5.41, 5.74) is 2.78. The Bertz CT molecular complexity index is 1160. The van der Waals surface area contributed by atoms with Crippen molar-refractivity contribution in [1.82, 2.24) is 20.2 Å². The van der Waals surface area contributed by atoms with Gasteiger partial charge in [-0.3, -0.25) is 4.79 Å². The van der Waals surface area contributed by atoms with Gasteiger partial charge in [0.1, 0.15) is 5.52 Å². The Morgan fingerprint density at radius 3 is 2.63 bits per heavy atom. The molecule has 0 fully saturated rings. The fraction of sp³-hybridized carbons (Fsp3) is 0.0556. The van der Waals surface area contributed by atoms with Crippen LogP contribution in [0.5, 0.6) is 0 Å². The average Bonchev–Trinajstić information content (AvgIpc) is 3.04. The quantitative estimate of drug-likeness (QED) is 0.506. The molecule has 0 aliphatic carbocycles. The Morgan fingerprint density at radius 2 is 1.85 bits per heavy atom. The van der Waals surface area contributed by atoms with Crippen LogP contribution in [0.3, 0.4) is 0 Å². The van der Waals surface area contributed by atoms with Crippen LogP contribution in [0.1, 0.15) is 10.4 Å². The molecular weight excluding hydrogens is 366 g/mol. The minimum atomic E-state index is -1.26. The van der Waals surface area contributed by atoms with Gasteiger partial charge in [0.05, 0.1) is 11.7 Å². The topological polar surface area (TPSA) is 124 Å². The summed E-state index contributed by atoms with van der Waals surface area (Å²) in [5.74, 6) is -1.43. The lowest BCUT2D eigenvalue weighted by atomic mass is 10.2. The zero-order chi connectivity index (χ0) is 18.8. The van der Waals surface area contributed by atoms with Crippen LogP contribution < -0.4 is 10.4 Å². The van der Waals surface area contributed by atoms with Crippen LogP contribution in [-0.2, 0) is 4.79 Å². The number of carbonyl (C=O) groups excluding carboxylic acids is 2. The van der Waals surface area contributed by atoms with Gasteiger partial charge in [0.2, 0.25) is 11.1 Å². The van der Waals surface area contributed by atoms with Crippen molar-refractivity contribution in [2.75, 3.05) is 11.1 Å². The number of aromatic carboxylic acids is 1. The number of anilines is 1. The normalized spacial score (nSPS) is 11.0. The van der Waals surface area contributed by atoms with E-state index in [1.54, 1.807) is 0 Å². The second-order valence-electron chi connectivity index (χ2n) is 5.66. The zero-order valence-electron chi connectivity index (χ0n) is 13.8. The number of carbonyl (C=O) groups is 2. The number of benzene rings is 2. The number of hydrogen-bond acceptors (Lipinski definition) is 7. The van der Waals surface area contributed by atoms with Gasteiger partial charge >= 0.3 is 0 Å². The van der Waals surface area contributed by atoms with Gasteiger partial charge in [-0.15, -0.1) is 10.2 Å². The van der Waals surface area contributed by atoms with Crippen LogP contribution >= 0.6 is 11.8 Å². The molecule has 4 rings (SSSR count). The highest BCUT2D eigenvalue weighted by Crippen LogP contribution is 2.23. The van der Waals surface area contributed by atoms with Crippen molar-refractivity contribution in [1.29, 1.82) is 0 Å². The fourth-order valence-electron chi connectivity index (χ4n) is 2.58. The van der Waals surface area contributed by atoms with E-state index in [-0.39, 0.29) is 17.2 Å². The van der Waals surface area contributed by atoms with Crippen molar-refractivity contribution >= 4 is 51.4 Å². The molecule has 2 heterocycles. The standard InChI is InChI=1S/C18H13N5O3S/c24-14(19-11-7-5-10(6-8-11)17(25)26)9-27-18-21-16-15(22-23-18)12-3-1-2-4-13(12)20-16/h1-8H,9H2,(H,19,24)(H,25,26)(H,20,21,23)/p-1. The van der Waals surface area contributed by atoms with Gasteiger partial charge in [-0.1, -0.05) is 42.1 Å². The molecule has 27 heavy (non-hydrogen) atoms. The lowest BCUT2D eigenvalue weighted by Crippen LogP contribution is -2.22. The molecule has 2 aromatic heterocycles. The van der Waals surface area contributed by atoms with Crippen LogP contribution in [0.4, 0.5) is 5.69 Å². The minimum Gasteiger partial charge on any atom is -0.545 e. The van der Waals surface area contributed by atoms with Crippen molar-refractivity contribution in [2.45, 2.75) is 5.16 Å². The van der Waals surface area contributed by atoms with Gasteiger partial charge in [-0.25, -0.2) is 4.98 Å². The molecule has 1 amide bonds. The van der Waals surface area contributed by atoms with Crippen molar-refractivity contribution in [3.05, 3.63) is 54.1 Å². The predicted octanol–water partition coefficient (Wildman–Crippen LogP) is 1.60. The minimum absolute atomic E-state index is 0.0495. The summed E-state index contributed by atoms with van der Waals surface area (Å²) in [6, 6.07) is 13.5. The zero-order valence-corrected chi connectivity index (χ0v) is 14.6. The molecule has 2 N–H and O–H groups in total. The number of thioether (sulfide) groups is 1. The van der Waals surface area contributed by atoms with Crippen molar-refractivity contribution < 1.29 is 14.7 Å². The summed E-state index contributed by atoms with van der Waals surface area (Å²) in [6.45, 7) is 0. The summed E-state index contributed by atoms with van der Waals surface area (Å²) >= 11 is 1.16.